The van der Waals surface area contributed by atoms with Gasteiger partial charge in [0.25, 0.3) is 0 Å². The molecule has 6 heteroatoms. The number of rotatable bonds is 6. The lowest BCUT2D eigenvalue weighted by atomic mass is 10.0. The largest absolute Gasteiger partial charge is 0.396 e. The zero-order valence-electron chi connectivity index (χ0n) is 10.9. The summed E-state index contributed by atoms with van der Waals surface area (Å²) in [4.78, 5) is 22.5. The van der Waals surface area contributed by atoms with E-state index in [4.69, 9.17) is 5.11 Å². The number of nitrogens with one attached hydrogen (secondary N) is 3. The first kappa shape index (κ1) is 15.9. The van der Waals surface area contributed by atoms with Crippen molar-refractivity contribution in [1.82, 2.24) is 16.0 Å². The average Bonchev–Trinajstić information content (AvgIpc) is 2.27. The Morgan fingerprint density at radius 2 is 1.82 bits per heavy atom. The molecule has 0 rings (SSSR count). The number of urea groups is 1. The van der Waals surface area contributed by atoms with E-state index in [2.05, 4.69) is 16.0 Å². The molecule has 0 aromatic carbocycles. The van der Waals surface area contributed by atoms with Gasteiger partial charge < -0.3 is 15.7 Å². The Bertz CT molecular complexity index is 256. The molecule has 0 aliphatic rings. The van der Waals surface area contributed by atoms with Crippen LogP contribution in [0.15, 0.2) is 0 Å². The van der Waals surface area contributed by atoms with Crippen LogP contribution < -0.4 is 16.0 Å². The number of aliphatic hydroxyl groups is 1. The van der Waals surface area contributed by atoms with Crippen LogP contribution in [-0.2, 0) is 4.79 Å². The van der Waals surface area contributed by atoms with Crippen LogP contribution >= 0.6 is 0 Å². The fourth-order valence-corrected chi connectivity index (χ4v) is 1.43. The molecule has 2 unspecified atom stereocenters. The van der Waals surface area contributed by atoms with Crippen molar-refractivity contribution in [1.29, 1.82) is 0 Å². The third kappa shape index (κ3) is 6.23. The highest BCUT2D eigenvalue weighted by Gasteiger charge is 2.20. The SMILES string of the molecule is CNC(=O)NC(=O)C(C)NC(CCO)C(C)C. The molecule has 0 aliphatic carbocycles. The quantitative estimate of drug-likeness (QED) is 0.523. The topological polar surface area (TPSA) is 90.5 Å². The molecule has 0 aromatic rings. The third-order valence-corrected chi connectivity index (χ3v) is 2.57. The maximum absolute atomic E-state index is 11.6. The second kappa shape index (κ2) is 8.03. The first-order valence-electron chi connectivity index (χ1n) is 5.81. The molecule has 17 heavy (non-hydrogen) atoms. The summed E-state index contributed by atoms with van der Waals surface area (Å²) in [7, 11) is 1.45. The minimum Gasteiger partial charge on any atom is -0.396 e. The van der Waals surface area contributed by atoms with E-state index in [1.165, 1.54) is 7.05 Å². The normalized spacial score (nSPS) is 14.2. The molecular weight excluding hydrogens is 222 g/mol. The summed E-state index contributed by atoms with van der Waals surface area (Å²) in [6.07, 6.45) is 0.579. The van der Waals surface area contributed by atoms with Gasteiger partial charge in [-0.1, -0.05) is 13.8 Å². The molecule has 3 amide bonds. The number of aliphatic hydroxyl groups excluding tert-OH is 1. The molecule has 0 aliphatic heterocycles. The van der Waals surface area contributed by atoms with E-state index in [9.17, 15) is 9.59 Å². The lowest BCUT2D eigenvalue weighted by Crippen LogP contribution is -2.51. The van der Waals surface area contributed by atoms with Gasteiger partial charge in [0.1, 0.15) is 0 Å². The Morgan fingerprint density at radius 1 is 1.24 bits per heavy atom. The predicted octanol–water partition coefficient (Wildman–Crippen LogP) is -0.173. The molecule has 0 spiro atoms. The number of carbonyl (C=O) groups is 2. The zero-order valence-corrected chi connectivity index (χ0v) is 10.9. The molecule has 0 saturated carbocycles. The zero-order chi connectivity index (χ0) is 13.4. The van der Waals surface area contributed by atoms with E-state index in [1.807, 2.05) is 13.8 Å². The maximum Gasteiger partial charge on any atom is 0.321 e. The molecule has 2 atom stereocenters. The van der Waals surface area contributed by atoms with Crippen LogP contribution in [0, 0.1) is 5.92 Å². The van der Waals surface area contributed by atoms with Gasteiger partial charge in [-0.25, -0.2) is 4.79 Å². The maximum atomic E-state index is 11.6. The molecule has 0 bridgehead atoms. The monoisotopic (exact) mass is 245 g/mol. The Kier molecular flexibility index (Phi) is 7.49. The van der Waals surface area contributed by atoms with Gasteiger partial charge in [0.05, 0.1) is 6.04 Å². The average molecular weight is 245 g/mol. The van der Waals surface area contributed by atoms with E-state index in [-0.39, 0.29) is 18.6 Å². The van der Waals surface area contributed by atoms with Crippen molar-refractivity contribution in [3.05, 3.63) is 0 Å². The van der Waals surface area contributed by atoms with Crippen LogP contribution in [0.2, 0.25) is 0 Å². The summed E-state index contributed by atoms with van der Waals surface area (Å²) < 4.78 is 0. The molecule has 0 radical (unpaired) electrons. The standard InChI is InChI=1S/C11H23N3O3/c1-7(2)9(5-6-15)13-8(3)10(16)14-11(17)12-4/h7-9,13,15H,5-6H2,1-4H3,(H2,12,14,16,17). The summed E-state index contributed by atoms with van der Waals surface area (Å²) in [6, 6.07) is -0.955. The smallest absolute Gasteiger partial charge is 0.321 e. The molecule has 0 fully saturated rings. The number of imide groups is 1. The molecule has 0 heterocycles. The van der Waals surface area contributed by atoms with E-state index < -0.39 is 12.1 Å². The second-order valence-corrected chi connectivity index (χ2v) is 4.32. The molecule has 100 valence electrons. The molecule has 6 nitrogen and oxygen atoms in total. The van der Waals surface area contributed by atoms with Crippen LogP contribution in [-0.4, -0.2) is 42.8 Å². The van der Waals surface area contributed by atoms with Crippen LogP contribution in [0.1, 0.15) is 27.2 Å². The Hall–Kier alpha value is -1.14. The lowest BCUT2D eigenvalue weighted by molar-refractivity contribution is -0.121. The van der Waals surface area contributed by atoms with Crippen molar-refractivity contribution in [3.8, 4) is 0 Å². The molecule has 0 saturated heterocycles. The van der Waals surface area contributed by atoms with Crippen LogP contribution in [0.5, 0.6) is 0 Å². The first-order chi connectivity index (χ1) is 7.92. The van der Waals surface area contributed by atoms with E-state index in [0.29, 0.717) is 12.3 Å². The van der Waals surface area contributed by atoms with Gasteiger partial charge in [-0.15, -0.1) is 0 Å². The summed E-state index contributed by atoms with van der Waals surface area (Å²) in [5.41, 5.74) is 0. The minimum absolute atomic E-state index is 0.0467. The van der Waals surface area contributed by atoms with Gasteiger partial charge >= 0.3 is 6.03 Å². The van der Waals surface area contributed by atoms with Crippen LogP contribution in [0.4, 0.5) is 4.79 Å². The van der Waals surface area contributed by atoms with Crippen molar-refractivity contribution in [2.75, 3.05) is 13.7 Å². The summed E-state index contributed by atoms with van der Waals surface area (Å²) >= 11 is 0. The number of hydrogen-bond acceptors (Lipinski definition) is 4. The lowest BCUT2D eigenvalue weighted by Gasteiger charge is -2.25. The number of hydrogen-bond donors (Lipinski definition) is 4. The van der Waals surface area contributed by atoms with E-state index >= 15 is 0 Å². The van der Waals surface area contributed by atoms with Crippen molar-refractivity contribution < 1.29 is 14.7 Å². The van der Waals surface area contributed by atoms with Crippen LogP contribution in [0.25, 0.3) is 0 Å². The van der Waals surface area contributed by atoms with Crippen LogP contribution in [0.3, 0.4) is 0 Å². The summed E-state index contributed by atoms with van der Waals surface area (Å²) in [5.74, 6) is -0.0784. The van der Waals surface area contributed by atoms with Gasteiger partial charge in [0.2, 0.25) is 5.91 Å². The van der Waals surface area contributed by atoms with Gasteiger partial charge in [-0.05, 0) is 19.3 Å². The van der Waals surface area contributed by atoms with E-state index in [0.717, 1.165) is 0 Å². The minimum atomic E-state index is -0.521. The van der Waals surface area contributed by atoms with Crippen molar-refractivity contribution in [2.45, 2.75) is 39.3 Å². The molecule has 0 aromatic heterocycles. The van der Waals surface area contributed by atoms with Crippen molar-refractivity contribution in [3.63, 3.8) is 0 Å². The van der Waals surface area contributed by atoms with E-state index in [1.54, 1.807) is 6.92 Å². The highest BCUT2D eigenvalue weighted by Crippen LogP contribution is 2.06. The predicted molar refractivity (Wildman–Crippen MR) is 65.5 cm³/mol. The van der Waals surface area contributed by atoms with Gasteiger partial charge in [-0.3, -0.25) is 10.1 Å². The van der Waals surface area contributed by atoms with Gasteiger partial charge in [-0.2, -0.15) is 0 Å². The second-order valence-electron chi connectivity index (χ2n) is 4.32. The number of amides is 3. The molecule has 4 N–H and O–H groups in total. The Balaban J connectivity index is 4.24. The highest BCUT2D eigenvalue weighted by atomic mass is 16.3. The highest BCUT2D eigenvalue weighted by molar-refractivity contribution is 5.96. The fraction of sp³-hybridized carbons (Fsp3) is 0.818. The third-order valence-electron chi connectivity index (χ3n) is 2.57. The van der Waals surface area contributed by atoms with Gasteiger partial charge in [0.15, 0.2) is 0 Å². The molecular formula is C11H23N3O3. The number of carbonyl (C=O) groups excluding carboxylic acids is 2. The summed E-state index contributed by atoms with van der Waals surface area (Å²) in [5, 5.41) is 16.5. The van der Waals surface area contributed by atoms with Crippen molar-refractivity contribution in [2.24, 2.45) is 5.92 Å². The van der Waals surface area contributed by atoms with Crippen molar-refractivity contribution >= 4 is 11.9 Å². The fourth-order valence-electron chi connectivity index (χ4n) is 1.43. The Labute approximate surface area is 102 Å². The van der Waals surface area contributed by atoms with Gasteiger partial charge in [0, 0.05) is 19.7 Å². The Morgan fingerprint density at radius 3 is 2.24 bits per heavy atom. The summed E-state index contributed by atoms with van der Waals surface area (Å²) in [6.45, 7) is 5.78. The first-order valence-corrected chi connectivity index (χ1v) is 5.81.